The van der Waals surface area contributed by atoms with Crippen molar-refractivity contribution in [2.45, 2.75) is 19.3 Å². The van der Waals surface area contributed by atoms with E-state index in [4.69, 9.17) is 10.2 Å². The highest BCUT2D eigenvalue weighted by atomic mass is 16.3. The topological polar surface area (TPSA) is 52.0 Å². The lowest BCUT2D eigenvalue weighted by atomic mass is 10.1. The molecule has 3 nitrogen and oxygen atoms in total. The molecule has 0 saturated carbocycles. The molecule has 16 heavy (non-hydrogen) atoms. The van der Waals surface area contributed by atoms with Crippen molar-refractivity contribution in [2.75, 3.05) is 6.54 Å². The first-order valence-corrected chi connectivity index (χ1v) is 5.59. The van der Waals surface area contributed by atoms with Crippen LogP contribution in [0.25, 0.3) is 11.5 Å². The molecule has 0 spiro atoms. The highest BCUT2D eigenvalue weighted by molar-refractivity contribution is 5.53. The second kappa shape index (κ2) is 5.47. The van der Waals surface area contributed by atoms with Crippen molar-refractivity contribution in [3.05, 3.63) is 42.3 Å². The molecule has 84 valence electrons. The van der Waals surface area contributed by atoms with E-state index in [1.807, 2.05) is 12.1 Å². The van der Waals surface area contributed by atoms with Gasteiger partial charge in [-0.15, -0.1) is 0 Å². The number of nitrogens with zero attached hydrogens (tertiary/aromatic N) is 1. The van der Waals surface area contributed by atoms with Crippen LogP contribution in [-0.4, -0.2) is 11.5 Å². The third-order valence-corrected chi connectivity index (χ3v) is 2.55. The first kappa shape index (κ1) is 10.9. The number of oxazole rings is 1. The first-order chi connectivity index (χ1) is 7.90. The number of hydrogen-bond donors (Lipinski definition) is 1. The van der Waals surface area contributed by atoms with Crippen molar-refractivity contribution >= 4 is 0 Å². The molecule has 0 atom stereocenters. The Hall–Kier alpha value is -1.61. The molecule has 0 aliphatic carbocycles. The molecule has 0 saturated heterocycles. The lowest BCUT2D eigenvalue weighted by Gasteiger charge is -2.01. The van der Waals surface area contributed by atoms with Gasteiger partial charge in [0.05, 0.1) is 6.20 Å². The van der Waals surface area contributed by atoms with Crippen LogP contribution in [0.15, 0.2) is 41.1 Å². The fraction of sp³-hybridized carbons (Fsp3) is 0.308. The number of rotatable bonds is 5. The average Bonchev–Trinajstić information content (AvgIpc) is 2.84. The zero-order chi connectivity index (χ0) is 11.2. The number of unbranched alkanes of at least 4 members (excludes halogenated alkanes) is 1. The summed E-state index contributed by atoms with van der Waals surface area (Å²) in [6.45, 7) is 0.772. The molecule has 2 N–H and O–H groups in total. The van der Waals surface area contributed by atoms with Crippen LogP contribution >= 0.6 is 0 Å². The third kappa shape index (κ3) is 2.70. The Balaban J connectivity index is 2.00. The molecule has 0 aliphatic heterocycles. The second-order valence-electron chi connectivity index (χ2n) is 3.78. The summed E-state index contributed by atoms with van der Waals surface area (Å²) in [5.74, 6) is 0.675. The number of aromatic nitrogens is 1. The van der Waals surface area contributed by atoms with E-state index in [1.54, 1.807) is 12.5 Å². The zero-order valence-electron chi connectivity index (χ0n) is 9.23. The molecule has 1 heterocycles. The van der Waals surface area contributed by atoms with E-state index in [-0.39, 0.29) is 0 Å². The number of nitrogens with two attached hydrogens (primary N) is 1. The fourth-order valence-electron chi connectivity index (χ4n) is 1.65. The van der Waals surface area contributed by atoms with Gasteiger partial charge in [-0.25, -0.2) is 4.98 Å². The minimum atomic E-state index is 0.675. The minimum Gasteiger partial charge on any atom is -0.445 e. The molecule has 0 unspecified atom stereocenters. The first-order valence-electron chi connectivity index (χ1n) is 5.59. The van der Waals surface area contributed by atoms with Gasteiger partial charge in [-0.05, 0) is 43.5 Å². The van der Waals surface area contributed by atoms with Crippen LogP contribution in [0.3, 0.4) is 0 Å². The lowest BCUT2D eigenvalue weighted by molar-refractivity contribution is 0.574. The Morgan fingerprint density at radius 1 is 1.12 bits per heavy atom. The van der Waals surface area contributed by atoms with Crippen molar-refractivity contribution in [1.29, 1.82) is 0 Å². The maximum Gasteiger partial charge on any atom is 0.225 e. The lowest BCUT2D eigenvalue weighted by Crippen LogP contribution is -1.98. The molecule has 0 amide bonds. The summed E-state index contributed by atoms with van der Waals surface area (Å²) in [5, 5.41) is 0. The molecule has 1 aromatic carbocycles. The van der Waals surface area contributed by atoms with E-state index in [2.05, 4.69) is 17.1 Å². The van der Waals surface area contributed by atoms with E-state index in [9.17, 15) is 0 Å². The summed E-state index contributed by atoms with van der Waals surface area (Å²) in [5.41, 5.74) is 7.82. The Morgan fingerprint density at radius 3 is 2.56 bits per heavy atom. The molecular formula is C13H16N2O. The van der Waals surface area contributed by atoms with Gasteiger partial charge in [0.2, 0.25) is 5.89 Å². The van der Waals surface area contributed by atoms with Gasteiger partial charge in [0.15, 0.2) is 0 Å². The summed E-state index contributed by atoms with van der Waals surface area (Å²) >= 11 is 0. The standard InChI is InChI=1S/C13H16N2O/c14-8-2-1-3-11-4-6-12(7-5-11)13-15-9-10-16-13/h4-7,9-10H,1-3,8,14H2. The maximum atomic E-state index is 5.46. The van der Waals surface area contributed by atoms with Gasteiger partial charge in [-0.1, -0.05) is 12.1 Å². The highest BCUT2D eigenvalue weighted by Gasteiger charge is 2.01. The van der Waals surface area contributed by atoms with E-state index >= 15 is 0 Å². The average molecular weight is 216 g/mol. The van der Waals surface area contributed by atoms with Crippen LogP contribution in [0.5, 0.6) is 0 Å². The van der Waals surface area contributed by atoms with Crippen LogP contribution in [0, 0.1) is 0 Å². The van der Waals surface area contributed by atoms with Gasteiger partial charge < -0.3 is 10.2 Å². The summed E-state index contributed by atoms with van der Waals surface area (Å²) in [6, 6.07) is 8.33. The Kier molecular flexibility index (Phi) is 3.72. The SMILES string of the molecule is NCCCCc1ccc(-c2ncco2)cc1. The van der Waals surface area contributed by atoms with E-state index in [1.165, 1.54) is 5.56 Å². The Labute approximate surface area is 95.3 Å². The van der Waals surface area contributed by atoms with Crippen LogP contribution < -0.4 is 5.73 Å². The third-order valence-electron chi connectivity index (χ3n) is 2.55. The predicted molar refractivity (Wildman–Crippen MR) is 63.9 cm³/mol. The van der Waals surface area contributed by atoms with Crippen molar-refractivity contribution in [2.24, 2.45) is 5.73 Å². The van der Waals surface area contributed by atoms with Crippen molar-refractivity contribution < 1.29 is 4.42 Å². The summed E-state index contributed by atoms with van der Waals surface area (Å²) in [4.78, 5) is 4.11. The van der Waals surface area contributed by atoms with Crippen molar-refractivity contribution in [1.82, 2.24) is 4.98 Å². The van der Waals surface area contributed by atoms with Crippen molar-refractivity contribution in [3.63, 3.8) is 0 Å². The summed E-state index contributed by atoms with van der Waals surface area (Å²) in [7, 11) is 0. The minimum absolute atomic E-state index is 0.675. The zero-order valence-corrected chi connectivity index (χ0v) is 9.23. The molecule has 0 radical (unpaired) electrons. The van der Waals surface area contributed by atoms with Crippen LogP contribution in [0.4, 0.5) is 0 Å². The van der Waals surface area contributed by atoms with E-state index < -0.39 is 0 Å². The predicted octanol–water partition coefficient (Wildman–Crippen LogP) is 2.62. The molecular weight excluding hydrogens is 200 g/mol. The van der Waals surface area contributed by atoms with Crippen LogP contribution in [-0.2, 0) is 6.42 Å². The highest BCUT2D eigenvalue weighted by Crippen LogP contribution is 2.18. The quantitative estimate of drug-likeness (QED) is 0.782. The van der Waals surface area contributed by atoms with Crippen LogP contribution in [0.2, 0.25) is 0 Å². The maximum absolute atomic E-state index is 5.46. The largest absolute Gasteiger partial charge is 0.445 e. The van der Waals surface area contributed by atoms with Crippen molar-refractivity contribution in [3.8, 4) is 11.5 Å². The Bertz CT molecular complexity index is 406. The van der Waals surface area contributed by atoms with Gasteiger partial charge >= 0.3 is 0 Å². The second-order valence-corrected chi connectivity index (χ2v) is 3.78. The van der Waals surface area contributed by atoms with Gasteiger partial charge in [-0.3, -0.25) is 0 Å². The van der Waals surface area contributed by atoms with Gasteiger partial charge in [0, 0.05) is 5.56 Å². The molecule has 0 fully saturated rings. The number of hydrogen-bond acceptors (Lipinski definition) is 3. The molecule has 2 aromatic rings. The Morgan fingerprint density at radius 2 is 1.94 bits per heavy atom. The van der Waals surface area contributed by atoms with Crippen LogP contribution in [0.1, 0.15) is 18.4 Å². The molecule has 0 aliphatic rings. The smallest absolute Gasteiger partial charge is 0.225 e. The van der Waals surface area contributed by atoms with Gasteiger partial charge in [0.25, 0.3) is 0 Å². The number of aryl methyl sites for hydroxylation is 1. The number of benzene rings is 1. The molecule has 1 aromatic heterocycles. The van der Waals surface area contributed by atoms with Gasteiger partial charge in [-0.2, -0.15) is 0 Å². The normalized spacial score (nSPS) is 10.6. The molecule has 2 rings (SSSR count). The summed E-state index contributed by atoms with van der Waals surface area (Å²) < 4.78 is 5.23. The van der Waals surface area contributed by atoms with E-state index in [0.29, 0.717) is 5.89 Å². The van der Waals surface area contributed by atoms with E-state index in [0.717, 1.165) is 31.4 Å². The van der Waals surface area contributed by atoms with Gasteiger partial charge in [0.1, 0.15) is 6.26 Å². The summed E-state index contributed by atoms with van der Waals surface area (Å²) in [6.07, 6.45) is 6.56. The fourth-order valence-corrected chi connectivity index (χ4v) is 1.65. The molecule has 0 bridgehead atoms. The molecule has 3 heteroatoms. The monoisotopic (exact) mass is 216 g/mol.